The average molecular weight is 891 g/mol. The lowest BCUT2D eigenvalue weighted by Gasteiger charge is -2.59. The summed E-state index contributed by atoms with van der Waals surface area (Å²) in [6.07, 6.45) is 6.78. The van der Waals surface area contributed by atoms with Crippen LogP contribution in [0.5, 0.6) is 17.2 Å². The van der Waals surface area contributed by atoms with Gasteiger partial charge in [-0.3, -0.25) is 15.0 Å². The second kappa shape index (κ2) is 21.6. The van der Waals surface area contributed by atoms with Gasteiger partial charge in [-0.1, -0.05) is 72.6 Å². The second-order valence-corrected chi connectivity index (χ2v) is 16.5. The molecule has 3 aliphatic rings. The number of ether oxygens (including phenoxy) is 4. The Balaban J connectivity index is 1.47. The first-order valence-corrected chi connectivity index (χ1v) is 22.5. The van der Waals surface area contributed by atoms with E-state index in [4.69, 9.17) is 28.9 Å². The minimum absolute atomic E-state index is 0.0187. The Morgan fingerprint density at radius 3 is 2.43 bits per heavy atom. The maximum atomic E-state index is 15.2. The number of rotatable bonds is 20. The van der Waals surface area contributed by atoms with Gasteiger partial charge in [0.25, 0.3) is 5.69 Å². The molecular formula is C50H58N4O11. The number of oxime groups is 1. The van der Waals surface area contributed by atoms with Crippen molar-refractivity contribution in [3.05, 3.63) is 130 Å². The van der Waals surface area contributed by atoms with Crippen molar-refractivity contribution in [1.29, 1.82) is 0 Å². The lowest BCUT2D eigenvalue weighted by molar-refractivity contribution is -0.384. The maximum Gasteiger partial charge on any atom is 0.416 e. The van der Waals surface area contributed by atoms with E-state index in [0.29, 0.717) is 49.4 Å². The Morgan fingerprint density at radius 2 is 1.71 bits per heavy atom. The number of nitro groups is 1. The molecule has 4 aromatic carbocycles. The van der Waals surface area contributed by atoms with Crippen LogP contribution in [0.4, 0.5) is 15.3 Å². The van der Waals surface area contributed by atoms with Crippen LogP contribution < -0.4 is 19.5 Å². The number of fused-ring (bicyclic) bond motifs is 3. The summed E-state index contributed by atoms with van der Waals surface area (Å²) >= 11 is 0. The molecule has 6 atom stereocenters. The van der Waals surface area contributed by atoms with Crippen LogP contribution in [0, 0.1) is 27.9 Å². The topological polar surface area (TPSA) is 192 Å². The molecule has 0 aromatic heterocycles. The van der Waals surface area contributed by atoms with Gasteiger partial charge in [-0.15, -0.1) is 6.58 Å². The number of hydrogen-bond donors (Lipinski definition) is 3. The normalized spacial score (nSPS) is 22.4. The fourth-order valence-electron chi connectivity index (χ4n) is 9.85. The van der Waals surface area contributed by atoms with E-state index in [9.17, 15) is 25.1 Å². The third-order valence-corrected chi connectivity index (χ3v) is 12.6. The van der Waals surface area contributed by atoms with E-state index in [1.54, 1.807) is 30.0 Å². The fraction of sp³-hybridized carbons (Fsp3) is 0.420. The third kappa shape index (κ3) is 10.2. The fourth-order valence-corrected chi connectivity index (χ4v) is 9.85. The highest BCUT2D eigenvalue weighted by atomic mass is 16.7. The number of unbranched alkanes of at least 4 members (excludes halogenated alkanes) is 2. The van der Waals surface area contributed by atoms with Gasteiger partial charge < -0.3 is 39.3 Å². The smallest absolute Gasteiger partial charge is 0.416 e. The number of benzene rings is 4. The molecule has 65 heavy (non-hydrogen) atoms. The minimum atomic E-state index is -1.62. The highest BCUT2D eigenvalue weighted by Gasteiger charge is 2.66. The summed E-state index contributed by atoms with van der Waals surface area (Å²) in [6.45, 7) is 8.48. The largest absolute Gasteiger partial charge is 0.459 e. The molecule has 2 amide bonds. The predicted octanol–water partition coefficient (Wildman–Crippen LogP) is 9.21. The number of amides is 2. The molecule has 344 valence electrons. The van der Waals surface area contributed by atoms with Crippen molar-refractivity contribution in [2.75, 3.05) is 33.0 Å². The predicted molar refractivity (Wildman–Crippen MR) is 245 cm³/mol. The van der Waals surface area contributed by atoms with Gasteiger partial charge in [0, 0.05) is 49.8 Å². The number of nitro benzene ring substituents is 1. The Morgan fingerprint density at radius 1 is 0.969 bits per heavy atom. The van der Waals surface area contributed by atoms with E-state index in [0.717, 1.165) is 40.3 Å². The molecule has 15 nitrogen and oxygen atoms in total. The zero-order chi connectivity index (χ0) is 45.9. The number of hydrogen-bond acceptors (Lipinski definition) is 12. The van der Waals surface area contributed by atoms with Gasteiger partial charge in [0.1, 0.15) is 29.9 Å². The maximum absolute atomic E-state index is 15.2. The van der Waals surface area contributed by atoms with Gasteiger partial charge >= 0.3 is 12.2 Å². The van der Waals surface area contributed by atoms with Gasteiger partial charge in [-0.25, -0.2) is 9.59 Å². The molecule has 0 radical (unpaired) electrons. The van der Waals surface area contributed by atoms with Crippen LogP contribution in [-0.2, 0) is 16.1 Å². The zero-order valence-corrected chi connectivity index (χ0v) is 36.9. The van der Waals surface area contributed by atoms with E-state index in [1.807, 2.05) is 55.5 Å². The van der Waals surface area contributed by atoms with Crippen molar-refractivity contribution >= 4 is 34.4 Å². The van der Waals surface area contributed by atoms with Crippen molar-refractivity contribution in [3.8, 4) is 17.2 Å². The number of aliphatic hydroxyl groups is 2. The molecule has 3 N–H and O–H groups in total. The molecule has 2 aliphatic carbocycles. The van der Waals surface area contributed by atoms with E-state index >= 15 is 4.79 Å². The van der Waals surface area contributed by atoms with Crippen LogP contribution in [0.2, 0.25) is 0 Å². The van der Waals surface area contributed by atoms with Crippen molar-refractivity contribution in [3.63, 3.8) is 0 Å². The van der Waals surface area contributed by atoms with Crippen molar-refractivity contribution in [2.24, 2.45) is 22.9 Å². The molecule has 0 spiro atoms. The molecule has 1 fully saturated rings. The van der Waals surface area contributed by atoms with Crippen molar-refractivity contribution in [1.82, 2.24) is 10.2 Å². The number of allylic oxidation sites excluding steroid dienone is 1. The summed E-state index contributed by atoms with van der Waals surface area (Å²) in [5.41, 5.74) is 2.88. The summed E-state index contributed by atoms with van der Waals surface area (Å²) in [6, 6.07) is 23.5. The second-order valence-electron chi connectivity index (χ2n) is 16.5. The molecule has 15 heteroatoms. The molecule has 0 bridgehead atoms. The molecule has 1 aliphatic heterocycles. The Hall–Kier alpha value is -6.29. The highest BCUT2D eigenvalue weighted by Crippen LogP contribution is 2.62. The SMILES string of the molecule is C=CCO[C@@]12Oc3ccc(OC(=O)NCC)cc3[C@H]3[C@H](CCCCO)[C@@H](CCCCO)C=C(C(=NOCC)C[C@@H]1N(Cc1cccc4ccccc14)C(=O)Oc1ccc([N+](=O)[O-])cc1)[C@H]32. The average Bonchev–Trinajstić information content (AvgIpc) is 3.31. The Bertz CT molecular complexity index is 2380. The molecule has 0 saturated heterocycles. The number of carbonyl (C=O) groups is 2. The number of aliphatic hydroxyl groups excluding tert-OH is 2. The van der Waals surface area contributed by atoms with Gasteiger partial charge in [0.15, 0.2) is 0 Å². The van der Waals surface area contributed by atoms with E-state index in [-0.39, 0.29) is 68.6 Å². The first-order chi connectivity index (χ1) is 31.7. The monoisotopic (exact) mass is 890 g/mol. The van der Waals surface area contributed by atoms with Crippen LogP contribution in [0.1, 0.15) is 75.8 Å². The quantitative estimate of drug-likeness (QED) is 0.0332. The van der Waals surface area contributed by atoms with Crippen molar-refractivity contribution in [2.45, 2.75) is 83.1 Å². The standard InChI is InChI=1S/C50H58N4O11/c1-4-28-61-50-45(53(32-35-17-13-16-33-14-7-8-18-39(33)35)49(58)64-37-22-20-36(21-23-37)54(59)60)31-43(52-62-6-3)41-29-34(15-9-11-26-55)40(19-10-12-27-56)46(47(41)50)42-30-38(24-25-44(42)65-50)63-48(57)51-5-2/h4,7-8,13-14,16-18,20-25,29-30,34,40,45-47,55-56H,1,5-6,9-12,15,19,26-28,31-32H2,2-3H3,(H,51,57)/t34-,40+,45-,46+,47+,50+/m0/s1. The van der Waals surface area contributed by atoms with Crippen LogP contribution in [0.15, 0.2) is 114 Å². The molecule has 0 unspecified atom stereocenters. The Labute approximate surface area is 378 Å². The van der Waals surface area contributed by atoms with E-state index in [1.165, 1.54) is 24.3 Å². The van der Waals surface area contributed by atoms with E-state index in [2.05, 4.69) is 18.0 Å². The lowest BCUT2D eigenvalue weighted by atomic mass is 9.55. The first-order valence-electron chi connectivity index (χ1n) is 22.5. The van der Waals surface area contributed by atoms with Crippen LogP contribution in [0.25, 0.3) is 10.8 Å². The Kier molecular flexibility index (Phi) is 15.5. The van der Waals surface area contributed by atoms with Crippen LogP contribution in [-0.4, -0.2) is 82.7 Å². The number of non-ortho nitro benzene ring substituents is 1. The minimum Gasteiger partial charge on any atom is -0.459 e. The van der Waals surface area contributed by atoms with Crippen LogP contribution >= 0.6 is 0 Å². The number of nitrogens with one attached hydrogen (secondary N) is 1. The summed E-state index contributed by atoms with van der Waals surface area (Å²) in [5, 5.41) is 40.8. The van der Waals surface area contributed by atoms with Gasteiger partial charge in [-0.05, 0) is 104 Å². The van der Waals surface area contributed by atoms with Gasteiger partial charge in [0.05, 0.1) is 29.7 Å². The summed E-state index contributed by atoms with van der Waals surface area (Å²) in [7, 11) is 0. The summed E-state index contributed by atoms with van der Waals surface area (Å²) < 4.78 is 26.4. The summed E-state index contributed by atoms with van der Waals surface area (Å²) in [5.74, 6) is -1.82. The highest BCUT2D eigenvalue weighted by molar-refractivity contribution is 6.03. The zero-order valence-electron chi connectivity index (χ0n) is 36.9. The van der Waals surface area contributed by atoms with Crippen molar-refractivity contribution < 1.29 is 48.5 Å². The molecular weight excluding hydrogens is 833 g/mol. The van der Waals surface area contributed by atoms with Gasteiger partial charge in [-0.2, -0.15) is 0 Å². The third-order valence-electron chi connectivity index (χ3n) is 12.6. The van der Waals surface area contributed by atoms with Crippen LogP contribution in [0.3, 0.4) is 0 Å². The molecule has 7 rings (SSSR count). The number of nitrogens with zero attached hydrogens (tertiary/aromatic N) is 3. The number of carbonyl (C=O) groups excluding carboxylic acids is 2. The summed E-state index contributed by atoms with van der Waals surface area (Å²) in [4.78, 5) is 46.5. The molecule has 4 aromatic rings. The van der Waals surface area contributed by atoms with Gasteiger partial charge in [0.2, 0.25) is 5.79 Å². The lowest BCUT2D eigenvalue weighted by Crippen LogP contribution is -2.70. The molecule has 1 saturated carbocycles. The molecule has 1 heterocycles. The van der Waals surface area contributed by atoms with E-state index < -0.39 is 34.9 Å². The first kappa shape index (κ1) is 46.7.